The lowest BCUT2D eigenvalue weighted by molar-refractivity contribution is -0.145. The Kier molecular flexibility index (Phi) is 37.6. The first-order valence-electron chi connectivity index (χ1n) is 17.4. The van der Waals surface area contributed by atoms with Crippen molar-refractivity contribution in [1.29, 1.82) is 0 Å². The molecule has 0 bridgehead atoms. The van der Waals surface area contributed by atoms with Gasteiger partial charge in [-0.2, -0.15) is 0 Å². The van der Waals surface area contributed by atoms with Gasteiger partial charge in [0.1, 0.15) is 6.61 Å². The van der Waals surface area contributed by atoms with Gasteiger partial charge in [0.05, 0.1) is 72.7 Å². The second-order valence-electron chi connectivity index (χ2n) is 10.9. The molecule has 0 amide bonds. The SMILES string of the molecule is CCCCCCCCCCCCCCCCCCOCCOCCOCCOCCOCCOCCOC(=O)CCC. The average Bonchev–Trinajstić information content (AvgIpc) is 2.99. The van der Waals surface area contributed by atoms with Crippen LogP contribution in [0.2, 0.25) is 0 Å². The van der Waals surface area contributed by atoms with E-state index in [0.717, 1.165) is 19.4 Å². The van der Waals surface area contributed by atoms with E-state index >= 15 is 0 Å². The summed E-state index contributed by atoms with van der Waals surface area (Å²) in [5.41, 5.74) is 0. The Morgan fingerprint density at radius 1 is 0.333 bits per heavy atom. The van der Waals surface area contributed by atoms with Gasteiger partial charge in [-0.25, -0.2) is 0 Å². The summed E-state index contributed by atoms with van der Waals surface area (Å²) in [7, 11) is 0. The third-order valence-electron chi connectivity index (χ3n) is 6.95. The van der Waals surface area contributed by atoms with Crippen LogP contribution >= 0.6 is 0 Å². The zero-order chi connectivity index (χ0) is 30.4. The molecule has 0 rings (SSSR count). The van der Waals surface area contributed by atoms with Gasteiger partial charge in [-0.15, -0.1) is 0 Å². The first-order chi connectivity index (χ1) is 20.8. The normalized spacial score (nSPS) is 11.4. The standard InChI is InChI=1S/C34H68O8/c1-3-5-6-7-8-9-10-11-12-13-14-15-16-17-18-19-21-36-22-23-37-24-25-38-26-27-39-28-29-40-30-31-41-32-33-42-34(35)20-4-2/h3-33H2,1-2H3. The molecule has 0 unspecified atom stereocenters. The van der Waals surface area contributed by atoms with E-state index in [1.54, 1.807) is 0 Å². The zero-order valence-corrected chi connectivity index (χ0v) is 27.7. The molecule has 0 heterocycles. The Bertz CT molecular complexity index is 506. The fourth-order valence-corrected chi connectivity index (χ4v) is 4.44. The first-order valence-corrected chi connectivity index (χ1v) is 17.4. The largest absolute Gasteiger partial charge is 0.463 e. The number of carbonyl (C=O) groups excluding carboxylic acids is 1. The Hall–Kier alpha value is -0.770. The Labute approximate surface area is 259 Å². The minimum absolute atomic E-state index is 0.174. The number of hydrogen-bond acceptors (Lipinski definition) is 8. The second-order valence-corrected chi connectivity index (χ2v) is 10.9. The minimum atomic E-state index is -0.174. The highest BCUT2D eigenvalue weighted by Gasteiger charge is 2.00. The second kappa shape index (κ2) is 38.3. The molecule has 0 aliphatic rings. The molecule has 0 saturated carbocycles. The third-order valence-corrected chi connectivity index (χ3v) is 6.95. The quantitative estimate of drug-likeness (QED) is 0.0527. The van der Waals surface area contributed by atoms with Crippen molar-refractivity contribution in [2.75, 3.05) is 85.9 Å². The summed E-state index contributed by atoms with van der Waals surface area (Å²) in [6.45, 7) is 11.2. The summed E-state index contributed by atoms with van der Waals surface area (Å²) in [5.74, 6) is -0.174. The maximum Gasteiger partial charge on any atom is 0.305 e. The van der Waals surface area contributed by atoms with Crippen LogP contribution in [0.15, 0.2) is 0 Å². The van der Waals surface area contributed by atoms with E-state index in [-0.39, 0.29) is 5.97 Å². The molecule has 0 aromatic heterocycles. The lowest BCUT2D eigenvalue weighted by atomic mass is 10.0. The molecule has 0 spiro atoms. The zero-order valence-electron chi connectivity index (χ0n) is 27.7. The number of rotatable bonds is 37. The van der Waals surface area contributed by atoms with E-state index in [1.807, 2.05) is 6.92 Å². The highest BCUT2D eigenvalue weighted by atomic mass is 16.6. The topological polar surface area (TPSA) is 81.7 Å². The van der Waals surface area contributed by atoms with E-state index in [4.69, 9.17) is 33.2 Å². The number of unbranched alkanes of at least 4 members (excludes halogenated alkanes) is 15. The smallest absolute Gasteiger partial charge is 0.305 e. The lowest BCUT2D eigenvalue weighted by Crippen LogP contribution is -2.15. The van der Waals surface area contributed by atoms with Crippen molar-refractivity contribution in [2.24, 2.45) is 0 Å². The molecule has 252 valence electrons. The Balaban J connectivity index is 3.05. The van der Waals surface area contributed by atoms with E-state index < -0.39 is 0 Å². The van der Waals surface area contributed by atoms with Crippen LogP contribution in [-0.2, 0) is 38.0 Å². The van der Waals surface area contributed by atoms with Gasteiger partial charge in [-0.05, 0) is 12.8 Å². The van der Waals surface area contributed by atoms with E-state index in [2.05, 4.69) is 6.92 Å². The summed E-state index contributed by atoms with van der Waals surface area (Å²) in [5, 5.41) is 0. The minimum Gasteiger partial charge on any atom is -0.463 e. The van der Waals surface area contributed by atoms with Crippen molar-refractivity contribution in [2.45, 2.75) is 129 Å². The van der Waals surface area contributed by atoms with E-state index in [9.17, 15) is 4.79 Å². The van der Waals surface area contributed by atoms with Gasteiger partial charge in [0.2, 0.25) is 0 Å². The fourth-order valence-electron chi connectivity index (χ4n) is 4.44. The molecule has 0 aromatic rings. The van der Waals surface area contributed by atoms with Gasteiger partial charge in [0.25, 0.3) is 0 Å². The average molecular weight is 605 g/mol. The number of esters is 1. The summed E-state index contributed by atoms with van der Waals surface area (Å²) >= 11 is 0. The first kappa shape index (κ1) is 41.2. The molecule has 0 aromatic carbocycles. The molecule has 8 heteroatoms. The molecule has 0 saturated heterocycles. The molecule has 42 heavy (non-hydrogen) atoms. The fraction of sp³-hybridized carbons (Fsp3) is 0.971. The van der Waals surface area contributed by atoms with Gasteiger partial charge in [0.15, 0.2) is 0 Å². The van der Waals surface area contributed by atoms with Crippen molar-refractivity contribution in [3.8, 4) is 0 Å². The lowest BCUT2D eigenvalue weighted by Gasteiger charge is -2.08. The molecule has 0 radical (unpaired) electrons. The van der Waals surface area contributed by atoms with Crippen LogP contribution < -0.4 is 0 Å². The number of carbonyl (C=O) groups is 1. The van der Waals surface area contributed by atoms with Crippen molar-refractivity contribution < 1.29 is 38.0 Å². The maximum absolute atomic E-state index is 11.2. The number of ether oxygens (including phenoxy) is 7. The van der Waals surface area contributed by atoms with Crippen LogP contribution in [0.4, 0.5) is 0 Å². The van der Waals surface area contributed by atoms with Crippen molar-refractivity contribution in [3.63, 3.8) is 0 Å². The summed E-state index contributed by atoms with van der Waals surface area (Å²) in [6.07, 6.45) is 23.5. The summed E-state index contributed by atoms with van der Waals surface area (Å²) in [4.78, 5) is 11.2. The molecule has 0 N–H and O–H groups in total. The predicted octanol–water partition coefficient (Wildman–Crippen LogP) is 7.69. The van der Waals surface area contributed by atoms with Gasteiger partial charge in [-0.3, -0.25) is 4.79 Å². The molecular formula is C34H68O8. The summed E-state index contributed by atoms with van der Waals surface area (Å²) in [6, 6.07) is 0. The molecule has 0 fully saturated rings. The molecule has 0 aliphatic heterocycles. The third kappa shape index (κ3) is 37.3. The Morgan fingerprint density at radius 2 is 0.619 bits per heavy atom. The summed E-state index contributed by atoms with van der Waals surface area (Å²) < 4.78 is 38.0. The molecule has 0 atom stereocenters. The highest BCUT2D eigenvalue weighted by molar-refractivity contribution is 5.69. The molecule has 0 aliphatic carbocycles. The molecular weight excluding hydrogens is 536 g/mol. The van der Waals surface area contributed by atoms with Crippen molar-refractivity contribution in [1.82, 2.24) is 0 Å². The van der Waals surface area contributed by atoms with Crippen LogP contribution in [0.1, 0.15) is 129 Å². The van der Waals surface area contributed by atoms with Gasteiger partial charge < -0.3 is 33.2 Å². The van der Waals surface area contributed by atoms with Crippen LogP contribution in [-0.4, -0.2) is 91.9 Å². The molecule has 8 nitrogen and oxygen atoms in total. The van der Waals surface area contributed by atoms with Crippen LogP contribution in [0.5, 0.6) is 0 Å². The number of hydrogen-bond donors (Lipinski definition) is 0. The predicted molar refractivity (Wildman–Crippen MR) is 170 cm³/mol. The highest BCUT2D eigenvalue weighted by Crippen LogP contribution is 2.13. The van der Waals surface area contributed by atoms with E-state index in [1.165, 1.54) is 96.3 Å². The van der Waals surface area contributed by atoms with Crippen molar-refractivity contribution in [3.05, 3.63) is 0 Å². The van der Waals surface area contributed by atoms with Crippen LogP contribution in [0.3, 0.4) is 0 Å². The van der Waals surface area contributed by atoms with Gasteiger partial charge in [0, 0.05) is 13.0 Å². The maximum atomic E-state index is 11.2. The van der Waals surface area contributed by atoms with Gasteiger partial charge in [-0.1, -0.05) is 110 Å². The van der Waals surface area contributed by atoms with Crippen molar-refractivity contribution >= 4 is 5.97 Å². The van der Waals surface area contributed by atoms with Gasteiger partial charge >= 0.3 is 5.97 Å². The van der Waals surface area contributed by atoms with Crippen LogP contribution in [0, 0.1) is 0 Å². The Morgan fingerprint density at radius 3 is 0.952 bits per heavy atom. The van der Waals surface area contributed by atoms with Crippen LogP contribution in [0.25, 0.3) is 0 Å². The van der Waals surface area contributed by atoms with E-state index in [0.29, 0.717) is 85.7 Å². The monoisotopic (exact) mass is 604 g/mol.